The maximum Gasteiger partial charge on any atom is 0.449 e. The number of aryl methyl sites for hydroxylation is 1. The van der Waals surface area contributed by atoms with Gasteiger partial charge in [0, 0.05) is 13.2 Å². The molecule has 2 rings (SSSR count). The Morgan fingerprint density at radius 1 is 1.40 bits per heavy atom. The van der Waals surface area contributed by atoms with Gasteiger partial charge in [-0.1, -0.05) is 11.6 Å². The molecule has 15 heavy (non-hydrogen) atoms. The van der Waals surface area contributed by atoms with Gasteiger partial charge in [-0.15, -0.1) is 0 Å². The van der Waals surface area contributed by atoms with Gasteiger partial charge < -0.3 is 4.57 Å². The van der Waals surface area contributed by atoms with Crippen LogP contribution in [-0.2, 0) is 13.2 Å². The highest BCUT2D eigenvalue weighted by Crippen LogP contribution is 2.30. The van der Waals surface area contributed by atoms with Crippen LogP contribution in [-0.4, -0.2) is 14.5 Å². The van der Waals surface area contributed by atoms with Crippen LogP contribution in [0.2, 0.25) is 5.02 Å². The van der Waals surface area contributed by atoms with Gasteiger partial charge in [0.2, 0.25) is 5.82 Å². The van der Waals surface area contributed by atoms with Crippen molar-refractivity contribution in [3.8, 4) is 0 Å². The number of aromatic nitrogens is 3. The molecule has 0 aromatic carbocycles. The molecule has 0 aliphatic heterocycles. The van der Waals surface area contributed by atoms with Crippen molar-refractivity contribution >= 4 is 22.8 Å². The second-order valence-corrected chi connectivity index (χ2v) is 3.42. The number of hydrogen-bond acceptors (Lipinski definition) is 2. The van der Waals surface area contributed by atoms with Crippen molar-refractivity contribution in [1.82, 2.24) is 14.5 Å². The zero-order valence-electron chi connectivity index (χ0n) is 7.51. The number of alkyl halides is 3. The molecular weight excluding hydrogens is 231 g/mol. The second-order valence-electron chi connectivity index (χ2n) is 2.99. The molecular formula is C8H5ClF3N3. The molecule has 2 aromatic heterocycles. The summed E-state index contributed by atoms with van der Waals surface area (Å²) in [6.07, 6.45) is -3.20. The van der Waals surface area contributed by atoms with Crippen molar-refractivity contribution in [2.24, 2.45) is 7.05 Å². The highest BCUT2D eigenvalue weighted by atomic mass is 35.5. The topological polar surface area (TPSA) is 30.7 Å². The average molecular weight is 236 g/mol. The van der Waals surface area contributed by atoms with Gasteiger partial charge >= 0.3 is 6.18 Å². The Morgan fingerprint density at radius 3 is 2.67 bits per heavy atom. The number of fused-ring (bicyclic) bond motifs is 1. The van der Waals surface area contributed by atoms with E-state index in [9.17, 15) is 13.2 Å². The minimum atomic E-state index is -4.48. The van der Waals surface area contributed by atoms with Crippen LogP contribution < -0.4 is 0 Å². The summed E-state index contributed by atoms with van der Waals surface area (Å²) >= 11 is 5.60. The first kappa shape index (κ1) is 10.2. The quantitative estimate of drug-likeness (QED) is 0.703. The number of halogens is 4. The molecule has 0 saturated carbocycles. The fraction of sp³-hybridized carbons (Fsp3) is 0.250. The van der Waals surface area contributed by atoms with Gasteiger partial charge in [-0.2, -0.15) is 13.2 Å². The molecule has 7 heteroatoms. The molecule has 0 aliphatic carbocycles. The monoisotopic (exact) mass is 235 g/mol. The van der Waals surface area contributed by atoms with Gasteiger partial charge in [0.1, 0.15) is 5.52 Å². The fourth-order valence-corrected chi connectivity index (χ4v) is 1.46. The Kier molecular flexibility index (Phi) is 2.11. The molecule has 2 aromatic rings. The van der Waals surface area contributed by atoms with Gasteiger partial charge in [0.15, 0.2) is 5.65 Å². The van der Waals surface area contributed by atoms with Crippen LogP contribution in [0.4, 0.5) is 13.2 Å². The Labute approximate surface area is 87.5 Å². The molecule has 0 aliphatic rings. The van der Waals surface area contributed by atoms with E-state index in [2.05, 4.69) is 9.97 Å². The predicted molar refractivity (Wildman–Crippen MR) is 48.5 cm³/mol. The summed E-state index contributed by atoms with van der Waals surface area (Å²) in [6, 6.07) is 1.35. The highest BCUT2D eigenvalue weighted by molar-refractivity contribution is 6.31. The van der Waals surface area contributed by atoms with Crippen molar-refractivity contribution in [2.75, 3.05) is 0 Å². The molecule has 0 unspecified atom stereocenters. The minimum absolute atomic E-state index is 0.136. The van der Waals surface area contributed by atoms with E-state index in [4.69, 9.17) is 11.6 Å². The number of rotatable bonds is 0. The Hall–Kier alpha value is -1.30. The summed E-state index contributed by atoms with van der Waals surface area (Å²) in [7, 11) is 1.26. The molecule has 2 heterocycles. The van der Waals surface area contributed by atoms with E-state index in [0.29, 0.717) is 0 Å². The minimum Gasteiger partial charge on any atom is -0.308 e. The number of imidazole rings is 1. The maximum atomic E-state index is 12.4. The number of hydrogen-bond donors (Lipinski definition) is 0. The van der Waals surface area contributed by atoms with E-state index in [-0.39, 0.29) is 16.2 Å². The SMILES string of the molecule is Cn1c(C(F)(F)F)nc2cc(Cl)cnc21. The Morgan fingerprint density at radius 2 is 2.07 bits per heavy atom. The summed E-state index contributed by atoms with van der Waals surface area (Å²) in [4.78, 5) is 7.22. The van der Waals surface area contributed by atoms with Crippen LogP contribution in [0.25, 0.3) is 11.2 Å². The Bertz CT molecular complexity index is 518. The van der Waals surface area contributed by atoms with Gasteiger partial charge in [-0.25, -0.2) is 9.97 Å². The first-order valence-corrected chi connectivity index (χ1v) is 4.32. The highest BCUT2D eigenvalue weighted by Gasteiger charge is 2.36. The molecule has 0 radical (unpaired) electrons. The van der Waals surface area contributed by atoms with E-state index < -0.39 is 12.0 Å². The van der Waals surface area contributed by atoms with Crippen LogP contribution in [0.15, 0.2) is 12.3 Å². The van der Waals surface area contributed by atoms with Crippen molar-refractivity contribution < 1.29 is 13.2 Å². The van der Waals surface area contributed by atoms with Gasteiger partial charge in [-0.05, 0) is 6.07 Å². The molecule has 0 amide bonds. The first-order chi connectivity index (χ1) is 6.89. The summed E-state index contributed by atoms with van der Waals surface area (Å²) in [6.45, 7) is 0. The largest absolute Gasteiger partial charge is 0.449 e. The number of nitrogens with zero attached hydrogens (tertiary/aromatic N) is 3. The summed E-state index contributed by atoms with van der Waals surface area (Å²) in [5, 5.41) is 0.259. The second kappa shape index (κ2) is 3.10. The van der Waals surface area contributed by atoms with Crippen LogP contribution >= 0.6 is 11.6 Å². The summed E-state index contributed by atoms with van der Waals surface area (Å²) < 4.78 is 38.2. The third kappa shape index (κ3) is 1.65. The van der Waals surface area contributed by atoms with Crippen LogP contribution in [0.1, 0.15) is 5.82 Å². The van der Waals surface area contributed by atoms with E-state index in [1.165, 1.54) is 19.3 Å². The summed E-state index contributed by atoms with van der Waals surface area (Å²) in [5.41, 5.74) is 0.295. The molecule has 3 nitrogen and oxygen atoms in total. The normalized spacial score (nSPS) is 12.3. The lowest BCUT2D eigenvalue weighted by Gasteiger charge is -2.04. The van der Waals surface area contributed by atoms with E-state index in [1.54, 1.807) is 0 Å². The average Bonchev–Trinajstić information content (AvgIpc) is 2.42. The van der Waals surface area contributed by atoms with Crippen LogP contribution in [0.3, 0.4) is 0 Å². The molecule has 80 valence electrons. The Balaban J connectivity index is 2.75. The van der Waals surface area contributed by atoms with Gasteiger partial charge in [0.25, 0.3) is 0 Å². The van der Waals surface area contributed by atoms with E-state index in [1.807, 2.05) is 0 Å². The smallest absolute Gasteiger partial charge is 0.308 e. The lowest BCUT2D eigenvalue weighted by atomic mass is 10.4. The first-order valence-electron chi connectivity index (χ1n) is 3.95. The molecule has 0 spiro atoms. The predicted octanol–water partition coefficient (Wildman–Crippen LogP) is 2.64. The van der Waals surface area contributed by atoms with E-state index in [0.717, 1.165) is 4.57 Å². The fourth-order valence-electron chi connectivity index (χ4n) is 1.31. The van der Waals surface area contributed by atoms with Crippen molar-refractivity contribution in [2.45, 2.75) is 6.18 Å². The molecule has 0 bridgehead atoms. The van der Waals surface area contributed by atoms with Crippen LogP contribution in [0.5, 0.6) is 0 Å². The number of pyridine rings is 1. The standard InChI is InChI=1S/C8H5ClF3N3/c1-15-6-5(2-4(9)3-13-6)14-7(15)8(10,11)12/h2-3H,1H3. The zero-order valence-corrected chi connectivity index (χ0v) is 8.26. The molecule has 0 saturated heterocycles. The van der Waals surface area contributed by atoms with Crippen LogP contribution in [0, 0.1) is 0 Å². The maximum absolute atomic E-state index is 12.4. The molecule has 0 N–H and O–H groups in total. The van der Waals surface area contributed by atoms with Crippen molar-refractivity contribution in [3.05, 3.63) is 23.1 Å². The third-order valence-electron chi connectivity index (χ3n) is 1.93. The van der Waals surface area contributed by atoms with E-state index >= 15 is 0 Å². The van der Waals surface area contributed by atoms with Gasteiger partial charge in [0.05, 0.1) is 5.02 Å². The van der Waals surface area contributed by atoms with Crippen molar-refractivity contribution in [3.63, 3.8) is 0 Å². The zero-order chi connectivity index (χ0) is 11.2. The molecule has 0 atom stereocenters. The summed E-state index contributed by atoms with van der Waals surface area (Å²) in [5.74, 6) is -0.979. The van der Waals surface area contributed by atoms with Gasteiger partial charge in [-0.3, -0.25) is 0 Å². The lowest BCUT2D eigenvalue weighted by Crippen LogP contribution is -2.12. The van der Waals surface area contributed by atoms with Crippen molar-refractivity contribution in [1.29, 1.82) is 0 Å². The lowest BCUT2D eigenvalue weighted by molar-refractivity contribution is -0.146. The third-order valence-corrected chi connectivity index (χ3v) is 2.14. The molecule has 0 fully saturated rings.